The van der Waals surface area contributed by atoms with Crippen molar-refractivity contribution < 1.29 is 4.42 Å². The Bertz CT molecular complexity index is 3170. The molecular formula is C51H33N3O. The second-order valence-corrected chi connectivity index (χ2v) is 14.2. The molecule has 0 N–H and O–H groups in total. The molecule has 10 aromatic rings. The van der Waals surface area contributed by atoms with Crippen molar-refractivity contribution in [3.63, 3.8) is 0 Å². The Hall–Kier alpha value is -7.17. The fourth-order valence-electron chi connectivity index (χ4n) is 8.29. The minimum atomic E-state index is 0.605. The van der Waals surface area contributed by atoms with E-state index in [2.05, 4.69) is 133 Å². The van der Waals surface area contributed by atoms with Crippen LogP contribution in [0.5, 0.6) is 0 Å². The molecule has 0 bridgehead atoms. The maximum atomic E-state index is 6.51. The maximum Gasteiger partial charge on any atom is 0.164 e. The standard InChI is InChI=1S/C51H33N3O/c1-3-13-32(14-4-1)34-17-11-18-37(29-34)50-52-49(33-15-5-2-6-16-33)53-51(54-50)43-23-12-24-47-48(43)45-31-36(26-28-46(45)55-47)35-25-27-42-40-21-8-7-19-38(40)39-20-9-10-22-41(39)44(42)30-35/h2-3,5-31H,1,4H2. The van der Waals surface area contributed by atoms with Crippen molar-refractivity contribution in [2.45, 2.75) is 12.8 Å². The monoisotopic (exact) mass is 703 g/mol. The second kappa shape index (κ2) is 12.8. The highest BCUT2D eigenvalue weighted by Crippen LogP contribution is 2.41. The third-order valence-corrected chi connectivity index (χ3v) is 10.9. The molecule has 0 fully saturated rings. The topological polar surface area (TPSA) is 51.8 Å². The first kappa shape index (κ1) is 31.4. The van der Waals surface area contributed by atoms with E-state index in [0.29, 0.717) is 17.5 Å². The number of rotatable bonds is 5. The Morgan fingerprint density at radius 1 is 0.382 bits per heavy atom. The normalized spacial score (nSPS) is 13.0. The minimum absolute atomic E-state index is 0.605. The van der Waals surface area contributed by atoms with Crippen molar-refractivity contribution in [2.24, 2.45) is 0 Å². The summed E-state index contributed by atoms with van der Waals surface area (Å²) in [7, 11) is 0. The average molecular weight is 704 g/mol. The van der Waals surface area contributed by atoms with Gasteiger partial charge < -0.3 is 4.42 Å². The van der Waals surface area contributed by atoms with Crippen molar-refractivity contribution in [3.05, 3.63) is 182 Å². The largest absolute Gasteiger partial charge is 0.456 e. The molecule has 2 aromatic heterocycles. The van der Waals surface area contributed by atoms with Crippen LogP contribution >= 0.6 is 0 Å². The van der Waals surface area contributed by atoms with Gasteiger partial charge in [0.15, 0.2) is 17.5 Å². The number of hydrogen-bond acceptors (Lipinski definition) is 4. The van der Waals surface area contributed by atoms with Crippen LogP contribution < -0.4 is 0 Å². The fraction of sp³-hybridized carbons (Fsp3) is 0.0392. The minimum Gasteiger partial charge on any atom is -0.456 e. The van der Waals surface area contributed by atoms with Gasteiger partial charge in [0.05, 0.1) is 0 Å². The summed E-state index contributed by atoms with van der Waals surface area (Å²) in [6, 6.07) is 55.6. The predicted octanol–water partition coefficient (Wildman–Crippen LogP) is 13.6. The van der Waals surface area contributed by atoms with Crippen LogP contribution in [0.2, 0.25) is 0 Å². The molecule has 0 amide bonds. The van der Waals surface area contributed by atoms with Crippen molar-refractivity contribution in [3.8, 4) is 45.3 Å². The molecule has 55 heavy (non-hydrogen) atoms. The molecule has 0 saturated carbocycles. The van der Waals surface area contributed by atoms with E-state index >= 15 is 0 Å². The zero-order chi connectivity index (χ0) is 36.3. The molecule has 1 aliphatic rings. The van der Waals surface area contributed by atoms with Gasteiger partial charge in [-0.2, -0.15) is 0 Å². The van der Waals surface area contributed by atoms with Crippen LogP contribution in [0.4, 0.5) is 0 Å². The number of nitrogens with zero attached hydrogens (tertiary/aromatic N) is 3. The van der Waals surface area contributed by atoms with Crippen molar-refractivity contribution in [1.82, 2.24) is 15.0 Å². The van der Waals surface area contributed by atoms with Gasteiger partial charge in [0.1, 0.15) is 11.2 Å². The smallest absolute Gasteiger partial charge is 0.164 e. The van der Waals surface area contributed by atoms with Crippen LogP contribution in [0.25, 0.3) is 105 Å². The molecule has 258 valence electrons. The van der Waals surface area contributed by atoms with Crippen molar-refractivity contribution in [2.75, 3.05) is 0 Å². The van der Waals surface area contributed by atoms with Crippen LogP contribution in [0.15, 0.2) is 180 Å². The third kappa shape index (κ3) is 5.33. The van der Waals surface area contributed by atoms with E-state index in [4.69, 9.17) is 19.4 Å². The Balaban J connectivity index is 1.09. The summed E-state index contributed by atoms with van der Waals surface area (Å²) in [6.07, 6.45) is 8.87. The maximum absolute atomic E-state index is 6.51. The van der Waals surface area contributed by atoms with E-state index in [1.54, 1.807) is 0 Å². The number of aromatic nitrogens is 3. The van der Waals surface area contributed by atoms with Gasteiger partial charge in [-0.15, -0.1) is 0 Å². The zero-order valence-corrected chi connectivity index (χ0v) is 29.9. The van der Waals surface area contributed by atoms with Crippen molar-refractivity contribution >= 4 is 59.8 Å². The summed E-state index contributed by atoms with van der Waals surface area (Å²) in [5, 5.41) is 9.58. The van der Waals surface area contributed by atoms with Crippen LogP contribution in [0, 0.1) is 0 Å². The van der Waals surface area contributed by atoms with E-state index in [9.17, 15) is 0 Å². The lowest BCUT2D eigenvalue weighted by atomic mass is 9.92. The Morgan fingerprint density at radius 2 is 0.982 bits per heavy atom. The molecule has 2 heterocycles. The SMILES string of the molecule is C1=CC(c2cccc(-c3nc(-c4ccccc4)nc(-c4cccc5oc6ccc(-c7ccc8c9ccccc9c9ccccc9c8c7)cc6c45)n3)c2)=CCC1. The van der Waals surface area contributed by atoms with Gasteiger partial charge in [-0.05, 0) is 97.8 Å². The number of benzene rings is 8. The molecule has 1 aliphatic carbocycles. The van der Waals surface area contributed by atoms with Gasteiger partial charge in [0.2, 0.25) is 0 Å². The summed E-state index contributed by atoms with van der Waals surface area (Å²) >= 11 is 0. The number of furan rings is 1. The number of fused-ring (bicyclic) bond motifs is 9. The van der Waals surface area contributed by atoms with Crippen LogP contribution in [-0.2, 0) is 0 Å². The van der Waals surface area contributed by atoms with Crippen LogP contribution in [-0.4, -0.2) is 15.0 Å². The highest BCUT2D eigenvalue weighted by molar-refractivity contribution is 6.26. The van der Waals surface area contributed by atoms with E-state index < -0.39 is 0 Å². The molecule has 8 aromatic carbocycles. The first-order chi connectivity index (χ1) is 27.2. The summed E-state index contributed by atoms with van der Waals surface area (Å²) in [6.45, 7) is 0. The Labute approximate surface area is 317 Å². The number of allylic oxidation sites excluding steroid dienone is 4. The first-order valence-electron chi connectivity index (χ1n) is 18.8. The lowest BCUT2D eigenvalue weighted by Gasteiger charge is -2.12. The molecule has 4 heteroatoms. The average Bonchev–Trinajstić information content (AvgIpc) is 3.65. The molecule has 11 rings (SSSR count). The van der Waals surface area contributed by atoms with E-state index in [1.807, 2.05) is 42.5 Å². The second-order valence-electron chi connectivity index (χ2n) is 14.2. The molecule has 0 aliphatic heterocycles. The summed E-state index contributed by atoms with van der Waals surface area (Å²) in [5.41, 5.74) is 9.05. The lowest BCUT2D eigenvalue weighted by Crippen LogP contribution is -2.00. The molecule has 0 atom stereocenters. The quantitative estimate of drug-likeness (QED) is 0.167. The van der Waals surface area contributed by atoms with Gasteiger partial charge in [0, 0.05) is 27.5 Å². The molecule has 0 spiro atoms. The van der Waals surface area contributed by atoms with E-state index in [0.717, 1.165) is 68.2 Å². The van der Waals surface area contributed by atoms with E-state index in [1.165, 1.54) is 37.9 Å². The highest BCUT2D eigenvalue weighted by atomic mass is 16.3. The zero-order valence-electron chi connectivity index (χ0n) is 29.9. The van der Waals surface area contributed by atoms with E-state index in [-0.39, 0.29) is 0 Å². The predicted molar refractivity (Wildman–Crippen MR) is 228 cm³/mol. The van der Waals surface area contributed by atoms with Gasteiger partial charge in [-0.1, -0.05) is 146 Å². The molecule has 0 saturated heterocycles. The number of hydrogen-bond donors (Lipinski definition) is 0. The third-order valence-electron chi connectivity index (χ3n) is 10.9. The first-order valence-corrected chi connectivity index (χ1v) is 18.8. The molecule has 0 unspecified atom stereocenters. The highest BCUT2D eigenvalue weighted by Gasteiger charge is 2.19. The Morgan fingerprint density at radius 3 is 1.73 bits per heavy atom. The molecule has 0 radical (unpaired) electrons. The van der Waals surface area contributed by atoms with Gasteiger partial charge in [-0.3, -0.25) is 0 Å². The van der Waals surface area contributed by atoms with Gasteiger partial charge in [0.25, 0.3) is 0 Å². The van der Waals surface area contributed by atoms with Gasteiger partial charge >= 0.3 is 0 Å². The van der Waals surface area contributed by atoms with Crippen LogP contribution in [0.3, 0.4) is 0 Å². The Kier molecular flexibility index (Phi) is 7.27. The fourth-order valence-corrected chi connectivity index (χ4v) is 8.29. The molecular weight excluding hydrogens is 671 g/mol. The summed E-state index contributed by atoms with van der Waals surface area (Å²) in [4.78, 5) is 15.4. The summed E-state index contributed by atoms with van der Waals surface area (Å²) < 4.78 is 6.51. The molecule has 4 nitrogen and oxygen atoms in total. The van der Waals surface area contributed by atoms with Crippen LogP contribution in [0.1, 0.15) is 18.4 Å². The van der Waals surface area contributed by atoms with Crippen molar-refractivity contribution in [1.29, 1.82) is 0 Å². The van der Waals surface area contributed by atoms with Gasteiger partial charge in [-0.25, -0.2) is 15.0 Å². The summed E-state index contributed by atoms with van der Waals surface area (Å²) in [5.74, 6) is 1.87. The lowest BCUT2D eigenvalue weighted by molar-refractivity contribution is 0.669.